The third-order valence-electron chi connectivity index (χ3n) is 3.23. The Hall–Kier alpha value is -1.49. The standard InChI is InChI=1S/C13H14BrN3O/c14-12-7-10(15)2-1-9(12)8-16-5-6-17(13(16)18)11-3-4-11/h1-2,5-7,11H,3-4,8,15H2. The average Bonchev–Trinajstić information content (AvgIpc) is 3.10. The molecule has 94 valence electrons. The summed E-state index contributed by atoms with van der Waals surface area (Å²) in [6, 6.07) is 6.08. The first kappa shape index (κ1) is 11.6. The van der Waals surface area contributed by atoms with Crippen molar-refractivity contribution in [1.82, 2.24) is 9.13 Å². The van der Waals surface area contributed by atoms with Crippen molar-refractivity contribution in [2.45, 2.75) is 25.4 Å². The molecule has 1 aromatic carbocycles. The van der Waals surface area contributed by atoms with Crippen LogP contribution in [0.3, 0.4) is 0 Å². The van der Waals surface area contributed by atoms with Gasteiger partial charge in [0.2, 0.25) is 0 Å². The Bertz CT molecular complexity index is 640. The van der Waals surface area contributed by atoms with Crippen molar-refractivity contribution in [1.29, 1.82) is 0 Å². The van der Waals surface area contributed by atoms with Crippen LogP contribution < -0.4 is 11.4 Å². The van der Waals surface area contributed by atoms with Gasteiger partial charge in [0.05, 0.1) is 6.54 Å². The fourth-order valence-electron chi connectivity index (χ4n) is 2.05. The Morgan fingerprint density at radius 3 is 2.78 bits per heavy atom. The Morgan fingerprint density at radius 2 is 2.11 bits per heavy atom. The van der Waals surface area contributed by atoms with Crippen LogP contribution in [0.4, 0.5) is 5.69 Å². The average molecular weight is 308 g/mol. The van der Waals surface area contributed by atoms with Crippen LogP contribution in [0.2, 0.25) is 0 Å². The highest BCUT2D eigenvalue weighted by molar-refractivity contribution is 9.10. The lowest BCUT2D eigenvalue weighted by Crippen LogP contribution is -2.23. The SMILES string of the molecule is Nc1ccc(Cn2ccn(C3CC3)c2=O)c(Br)c1. The third kappa shape index (κ3) is 2.10. The number of aromatic nitrogens is 2. The van der Waals surface area contributed by atoms with Crippen molar-refractivity contribution in [2.24, 2.45) is 0 Å². The largest absolute Gasteiger partial charge is 0.399 e. The van der Waals surface area contributed by atoms with E-state index in [9.17, 15) is 4.79 Å². The summed E-state index contributed by atoms with van der Waals surface area (Å²) in [5, 5.41) is 0. The molecule has 1 aliphatic rings. The molecule has 18 heavy (non-hydrogen) atoms. The van der Waals surface area contributed by atoms with E-state index in [2.05, 4.69) is 15.9 Å². The highest BCUT2D eigenvalue weighted by Gasteiger charge is 2.25. The van der Waals surface area contributed by atoms with E-state index in [4.69, 9.17) is 5.73 Å². The van der Waals surface area contributed by atoms with Gasteiger partial charge in [-0.05, 0) is 30.5 Å². The molecule has 5 heteroatoms. The third-order valence-corrected chi connectivity index (χ3v) is 3.97. The number of hydrogen-bond acceptors (Lipinski definition) is 2. The molecule has 1 fully saturated rings. The predicted molar refractivity (Wildman–Crippen MR) is 74.6 cm³/mol. The number of nitrogens with two attached hydrogens (primary N) is 1. The molecule has 0 radical (unpaired) electrons. The minimum atomic E-state index is 0.0706. The van der Waals surface area contributed by atoms with Crippen molar-refractivity contribution in [3.8, 4) is 0 Å². The predicted octanol–water partition coefficient (Wildman–Crippen LogP) is 2.38. The summed E-state index contributed by atoms with van der Waals surface area (Å²) in [6.45, 7) is 0.569. The Morgan fingerprint density at radius 1 is 1.33 bits per heavy atom. The molecule has 2 N–H and O–H groups in total. The molecule has 2 aromatic rings. The van der Waals surface area contributed by atoms with Crippen LogP contribution in [-0.4, -0.2) is 9.13 Å². The van der Waals surface area contributed by atoms with Gasteiger partial charge in [0, 0.05) is 28.6 Å². The fourth-order valence-corrected chi connectivity index (χ4v) is 2.58. The van der Waals surface area contributed by atoms with Gasteiger partial charge in [-0.15, -0.1) is 0 Å². The fraction of sp³-hybridized carbons (Fsp3) is 0.308. The van der Waals surface area contributed by atoms with E-state index in [0.29, 0.717) is 18.3 Å². The normalized spacial score (nSPS) is 14.9. The van der Waals surface area contributed by atoms with Gasteiger partial charge in [0.15, 0.2) is 0 Å². The minimum absolute atomic E-state index is 0.0706. The molecular formula is C13H14BrN3O. The number of rotatable bonds is 3. The molecule has 0 spiro atoms. The first-order valence-corrected chi connectivity index (χ1v) is 6.75. The van der Waals surface area contributed by atoms with Crippen LogP contribution in [-0.2, 0) is 6.54 Å². The molecule has 0 bridgehead atoms. The second kappa shape index (κ2) is 4.31. The van der Waals surface area contributed by atoms with E-state index in [0.717, 1.165) is 22.9 Å². The molecule has 1 saturated carbocycles. The zero-order valence-electron chi connectivity index (χ0n) is 9.84. The second-order valence-corrected chi connectivity index (χ2v) is 5.55. The molecule has 1 aromatic heterocycles. The van der Waals surface area contributed by atoms with Crippen molar-refractivity contribution < 1.29 is 0 Å². The van der Waals surface area contributed by atoms with E-state index in [1.165, 1.54) is 0 Å². The highest BCUT2D eigenvalue weighted by atomic mass is 79.9. The molecule has 0 saturated heterocycles. The van der Waals surface area contributed by atoms with Crippen molar-refractivity contribution in [3.63, 3.8) is 0 Å². The Labute approximate surface area is 113 Å². The number of hydrogen-bond donors (Lipinski definition) is 1. The van der Waals surface area contributed by atoms with Gasteiger partial charge in [-0.25, -0.2) is 4.79 Å². The van der Waals surface area contributed by atoms with Gasteiger partial charge in [-0.1, -0.05) is 22.0 Å². The molecule has 1 heterocycles. The quantitative estimate of drug-likeness (QED) is 0.885. The summed E-state index contributed by atoms with van der Waals surface area (Å²) < 4.78 is 4.49. The van der Waals surface area contributed by atoms with Crippen LogP contribution in [0.15, 0.2) is 39.9 Å². The van der Waals surface area contributed by atoms with Gasteiger partial charge < -0.3 is 5.73 Å². The molecule has 1 aliphatic carbocycles. The van der Waals surface area contributed by atoms with Crippen LogP contribution in [0.5, 0.6) is 0 Å². The lowest BCUT2D eigenvalue weighted by Gasteiger charge is -2.06. The molecule has 0 atom stereocenters. The molecule has 0 unspecified atom stereocenters. The summed E-state index contributed by atoms with van der Waals surface area (Å²) in [4.78, 5) is 12.1. The molecule has 0 aliphatic heterocycles. The summed E-state index contributed by atoms with van der Waals surface area (Å²) in [6.07, 6.45) is 5.97. The van der Waals surface area contributed by atoms with Gasteiger partial charge in [0.1, 0.15) is 0 Å². The minimum Gasteiger partial charge on any atom is -0.399 e. The zero-order chi connectivity index (χ0) is 12.7. The van der Waals surface area contributed by atoms with E-state index in [1.54, 1.807) is 4.57 Å². The molecular weight excluding hydrogens is 294 g/mol. The van der Waals surface area contributed by atoms with Crippen molar-refractivity contribution >= 4 is 21.6 Å². The van der Waals surface area contributed by atoms with Crippen LogP contribution in [0, 0.1) is 0 Å². The topological polar surface area (TPSA) is 52.9 Å². The number of halogens is 1. The zero-order valence-corrected chi connectivity index (χ0v) is 11.4. The van der Waals surface area contributed by atoms with Crippen molar-refractivity contribution in [3.05, 3.63) is 51.1 Å². The number of nitrogens with zero attached hydrogens (tertiary/aromatic N) is 2. The number of imidazole rings is 1. The lowest BCUT2D eigenvalue weighted by atomic mass is 10.2. The maximum atomic E-state index is 12.1. The van der Waals surface area contributed by atoms with Gasteiger partial charge >= 0.3 is 5.69 Å². The Balaban J connectivity index is 1.90. The van der Waals surface area contributed by atoms with Crippen LogP contribution in [0.1, 0.15) is 24.4 Å². The summed E-state index contributed by atoms with van der Waals surface area (Å²) in [5.41, 5.74) is 7.54. The summed E-state index contributed by atoms with van der Waals surface area (Å²) in [7, 11) is 0. The molecule has 3 rings (SSSR count). The molecule has 0 amide bonds. The van der Waals surface area contributed by atoms with E-state index in [-0.39, 0.29) is 5.69 Å². The molecule has 4 nitrogen and oxygen atoms in total. The van der Waals surface area contributed by atoms with Gasteiger partial charge in [-0.2, -0.15) is 0 Å². The van der Waals surface area contributed by atoms with E-state index in [1.807, 2.05) is 35.2 Å². The van der Waals surface area contributed by atoms with Gasteiger partial charge in [0.25, 0.3) is 0 Å². The first-order chi connectivity index (χ1) is 8.65. The summed E-state index contributed by atoms with van der Waals surface area (Å²) >= 11 is 3.48. The number of nitrogen functional groups attached to an aromatic ring is 1. The smallest absolute Gasteiger partial charge is 0.328 e. The first-order valence-electron chi connectivity index (χ1n) is 5.96. The highest BCUT2D eigenvalue weighted by Crippen LogP contribution is 2.33. The Kier molecular flexibility index (Phi) is 2.78. The summed E-state index contributed by atoms with van der Waals surface area (Å²) in [5.74, 6) is 0. The maximum Gasteiger partial charge on any atom is 0.328 e. The van der Waals surface area contributed by atoms with Crippen LogP contribution in [0.25, 0.3) is 0 Å². The van der Waals surface area contributed by atoms with E-state index < -0.39 is 0 Å². The number of benzene rings is 1. The van der Waals surface area contributed by atoms with E-state index >= 15 is 0 Å². The van der Waals surface area contributed by atoms with Crippen LogP contribution >= 0.6 is 15.9 Å². The van der Waals surface area contributed by atoms with Crippen molar-refractivity contribution in [2.75, 3.05) is 5.73 Å². The number of anilines is 1. The maximum absolute atomic E-state index is 12.1. The second-order valence-electron chi connectivity index (χ2n) is 4.70. The lowest BCUT2D eigenvalue weighted by molar-refractivity contribution is 0.655. The van der Waals surface area contributed by atoms with Gasteiger partial charge in [-0.3, -0.25) is 9.13 Å². The monoisotopic (exact) mass is 307 g/mol.